The topological polar surface area (TPSA) is 76.1 Å². The highest BCUT2D eigenvalue weighted by atomic mass is 19.1. The molecule has 1 aromatic heterocycles. The highest BCUT2D eigenvalue weighted by Gasteiger charge is 2.12. The molecule has 0 aliphatic rings. The van der Waals surface area contributed by atoms with Crippen molar-refractivity contribution in [2.24, 2.45) is 0 Å². The van der Waals surface area contributed by atoms with Crippen molar-refractivity contribution in [2.45, 2.75) is 6.42 Å². The molecule has 0 unspecified atom stereocenters. The molecule has 28 heavy (non-hydrogen) atoms. The molecule has 2 N–H and O–H groups in total. The van der Waals surface area contributed by atoms with Crippen LogP contribution in [0.2, 0.25) is 0 Å². The summed E-state index contributed by atoms with van der Waals surface area (Å²) in [6.07, 6.45) is 1.93. The van der Waals surface area contributed by atoms with Gasteiger partial charge in [0.25, 0.3) is 5.91 Å². The predicted molar refractivity (Wildman–Crippen MR) is 102 cm³/mol. The first-order valence-corrected chi connectivity index (χ1v) is 8.51. The summed E-state index contributed by atoms with van der Waals surface area (Å²) in [6.45, 7) is 0.561. The lowest BCUT2D eigenvalue weighted by atomic mass is 10.1. The zero-order chi connectivity index (χ0) is 19.9. The maximum atomic E-state index is 13.7. The van der Waals surface area contributed by atoms with Crippen LogP contribution in [0.15, 0.2) is 54.9 Å². The van der Waals surface area contributed by atoms with Gasteiger partial charge in [-0.2, -0.15) is 0 Å². The first kappa shape index (κ1) is 19.2. The largest absolute Gasteiger partial charge is 0.496 e. The average Bonchev–Trinajstić information content (AvgIpc) is 2.70. The maximum absolute atomic E-state index is 13.7. The number of halogens is 2. The third-order valence-corrected chi connectivity index (χ3v) is 3.97. The van der Waals surface area contributed by atoms with Crippen LogP contribution in [0.3, 0.4) is 0 Å². The molecule has 0 spiro atoms. The number of hydrogen-bond donors (Lipinski definition) is 2. The number of amides is 1. The Balaban J connectivity index is 1.62. The molecule has 6 nitrogen and oxygen atoms in total. The Morgan fingerprint density at radius 2 is 1.93 bits per heavy atom. The monoisotopic (exact) mass is 384 g/mol. The molecule has 3 rings (SSSR count). The summed E-state index contributed by atoms with van der Waals surface area (Å²) >= 11 is 0. The van der Waals surface area contributed by atoms with Crippen LogP contribution < -0.4 is 15.4 Å². The minimum atomic E-state index is -0.863. The number of rotatable bonds is 7. The van der Waals surface area contributed by atoms with Gasteiger partial charge in [-0.1, -0.05) is 18.2 Å². The lowest BCUT2D eigenvalue weighted by Gasteiger charge is -2.10. The molecule has 0 bridgehead atoms. The number of anilines is 2. The van der Waals surface area contributed by atoms with Crippen molar-refractivity contribution >= 4 is 17.4 Å². The Morgan fingerprint density at radius 1 is 1.11 bits per heavy atom. The summed E-state index contributed by atoms with van der Waals surface area (Å²) in [5.41, 5.74) is 0.963. The van der Waals surface area contributed by atoms with E-state index in [0.29, 0.717) is 24.8 Å². The van der Waals surface area contributed by atoms with Crippen LogP contribution in [0.25, 0.3) is 0 Å². The molecular weight excluding hydrogens is 366 g/mol. The summed E-state index contributed by atoms with van der Waals surface area (Å²) < 4.78 is 32.0. The van der Waals surface area contributed by atoms with Crippen molar-refractivity contribution in [3.05, 3.63) is 77.8 Å². The third-order valence-electron chi connectivity index (χ3n) is 3.97. The summed E-state index contributed by atoms with van der Waals surface area (Å²) in [4.78, 5) is 20.2. The van der Waals surface area contributed by atoms with Gasteiger partial charge in [-0.25, -0.2) is 18.7 Å². The molecule has 0 saturated carbocycles. The highest BCUT2D eigenvalue weighted by molar-refractivity contribution is 6.03. The Morgan fingerprint density at radius 3 is 2.71 bits per heavy atom. The minimum Gasteiger partial charge on any atom is -0.496 e. The number of carbonyl (C=O) groups is 1. The molecule has 0 atom stereocenters. The van der Waals surface area contributed by atoms with E-state index in [1.54, 1.807) is 7.11 Å². The van der Waals surface area contributed by atoms with E-state index < -0.39 is 17.5 Å². The van der Waals surface area contributed by atoms with Crippen molar-refractivity contribution in [1.82, 2.24) is 9.97 Å². The average molecular weight is 384 g/mol. The molecule has 2 aromatic carbocycles. The van der Waals surface area contributed by atoms with Crippen LogP contribution in [0, 0.1) is 11.6 Å². The standard InChI is InChI=1S/C20H18F2N4O2/c1-28-18-5-3-2-4-13(18)8-9-23-19-11-17(24-12-25-19)20(27)26-16-7-6-14(21)10-15(16)22/h2-7,10-12H,8-9H2,1H3,(H,26,27)(H,23,24,25). The number of benzene rings is 2. The van der Waals surface area contributed by atoms with Gasteiger partial charge >= 0.3 is 0 Å². The van der Waals surface area contributed by atoms with Crippen molar-refractivity contribution < 1.29 is 18.3 Å². The van der Waals surface area contributed by atoms with E-state index in [4.69, 9.17) is 4.74 Å². The number of nitrogens with zero attached hydrogens (tertiary/aromatic N) is 2. The van der Waals surface area contributed by atoms with E-state index in [1.165, 1.54) is 12.4 Å². The summed E-state index contributed by atoms with van der Waals surface area (Å²) in [5.74, 6) is -0.958. The van der Waals surface area contributed by atoms with E-state index in [1.807, 2.05) is 24.3 Å². The molecule has 3 aromatic rings. The van der Waals surface area contributed by atoms with Gasteiger partial charge in [-0.15, -0.1) is 0 Å². The van der Waals surface area contributed by atoms with Crippen molar-refractivity contribution in [3.8, 4) is 5.75 Å². The van der Waals surface area contributed by atoms with Crippen LogP contribution in [0.1, 0.15) is 16.1 Å². The quantitative estimate of drug-likeness (QED) is 0.650. The van der Waals surface area contributed by atoms with Gasteiger partial charge in [0.1, 0.15) is 35.2 Å². The molecule has 144 valence electrons. The number of ether oxygens (including phenoxy) is 1. The van der Waals surface area contributed by atoms with Gasteiger partial charge in [0.15, 0.2) is 0 Å². The lowest BCUT2D eigenvalue weighted by Crippen LogP contribution is -2.16. The first-order chi connectivity index (χ1) is 13.6. The highest BCUT2D eigenvalue weighted by Crippen LogP contribution is 2.18. The molecular formula is C20H18F2N4O2. The van der Waals surface area contributed by atoms with Crippen molar-refractivity contribution in [2.75, 3.05) is 24.3 Å². The second kappa shape index (κ2) is 8.90. The van der Waals surface area contributed by atoms with Crippen LogP contribution >= 0.6 is 0 Å². The molecule has 1 heterocycles. The van der Waals surface area contributed by atoms with Crippen molar-refractivity contribution in [3.63, 3.8) is 0 Å². The maximum Gasteiger partial charge on any atom is 0.274 e. The number of para-hydroxylation sites is 1. The number of carbonyl (C=O) groups excluding carboxylic acids is 1. The Bertz CT molecular complexity index is 982. The fraction of sp³-hybridized carbons (Fsp3) is 0.150. The number of nitrogens with one attached hydrogen (secondary N) is 2. The van der Waals surface area contributed by atoms with Gasteiger partial charge in [0.05, 0.1) is 12.8 Å². The third kappa shape index (κ3) is 4.79. The van der Waals surface area contributed by atoms with E-state index >= 15 is 0 Å². The smallest absolute Gasteiger partial charge is 0.274 e. The first-order valence-electron chi connectivity index (χ1n) is 8.51. The van der Waals surface area contributed by atoms with Gasteiger partial charge in [0.2, 0.25) is 0 Å². The molecule has 0 fully saturated rings. The van der Waals surface area contributed by atoms with E-state index in [2.05, 4.69) is 20.6 Å². The van der Waals surface area contributed by atoms with Crippen molar-refractivity contribution in [1.29, 1.82) is 0 Å². The molecule has 1 amide bonds. The lowest BCUT2D eigenvalue weighted by molar-refractivity contribution is 0.102. The number of methoxy groups -OCH3 is 1. The SMILES string of the molecule is COc1ccccc1CCNc1cc(C(=O)Nc2ccc(F)cc2F)ncn1. The zero-order valence-electron chi connectivity index (χ0n) is 15.1. The summed E-state index contributed by atoms with van der Waals surface area (Å²) in [6, 6.07) is 12.0. The van der Waals surface area contributed by atoms with Crippen LogP contribution in [0.4, 0.5) is 20.3 Å². The second-order valence-electron chi connectivity index (χ2n) is 5.86. The summed E-state index contributed by atoms with van der Waals surface area (Å²) in [5, 5.41) is 5.47. The van der Waals surface area contributed by atoms with E-state index in [-0.39, 0.29) is 11.4 Å². The molecule has 8 heteroatoms. The Labute approximate surface area is 160 Å². The molecule has 0 aliphatic heterocycles. The van der Waals surface area contributed by atoms with Gasteiger partial charge in [-0.3, -0.25) is 4.79 Å². The fourth-order valence-electron chi connectivity index (χ4n) is 2.59. The van der Waals surface area contributed by atoms with Gasteiger partial charge < -0.3 is 15.4 Å². The minimum absolute atomic E-state index is 0.0542. The van der Waals surface area contributed by atoms with Crippen LogP contribution in [-0.4, -0.2) is 29.5 Å². The number of hydrogen-bond acceptors (Lipinski definition) is 5. The second-order valence-corrected chi connectivity index (χ2v) is 5.86. The Hall–Kier alpha value is -3.55. The van der Waals surface area contributed by atoms with Crippen LogP contribution in [0.5, 0.6) is 5.75 Å². The Kier molecular flexibility index (Phi) is 6.11. The molecule has 0 radical (unpaired) electrons. The summed E-state index contributed by atoms with van der Waals surface area (Å²) in [7, 11) is 1.62. The zero-order valence-corrected chi connectivity index (χ0v) is 15.1. The van der Waals surface area contributed by atoms with E-state index in [9.17, 15) is 13.6 Å². The van der Waals surface area contributed by atoms with Gasteiger partial charge in [-0.05, 0) is 30.2 Å². The van der Waals surface area contributed by atoms with Gasteiger partial charge in [0, 0.05) is 18.7 Å². The van der Waals surface area contributed by atoms with E-state index in [0.717, 1.165) is 23.4 Å². The number of aromatic nitrogens is 2. The predicted octanol–water partition coefficient (Wildman–Crippen LogP) is 3.67. The normalized spacial score (nSPS) is 10.4. The fourth-order valence-corrected chi connectivity index (χ4v) is 2.59. The van der Waals surface area contributed by atoms with Crippen LogP contribution in [-0.2, 0) is 6.42 Å². The molecule has 0 aliphatic carbocycles. The molecule has 0 saturated heterocycles.